The first-order valence-electron chi connectivity index (χ1n) is 19.7. The molecule has 1 unspecified atom stereocenters. The molecule has 2 nitrogen and oxygen atoms in total. The smallest absolute Gasteiger partial charge is 0.136 e. The zero-order valence-corrected chi connectivity index (χ0v) is 31.1. The van der Waals surface area contributed by atoms with Gasteiger partial charge >= 0.3 is 0 Å². The van der Waals surface area contributed by atoms with Crippen molar-refractivity contribution in [1.29, 1.82) is 0 Å². The third kappa shape index (κ3) is 4.47. The van der Waals surface area contributed by atoms with Gasteiger partial charge in [0.05, 0.1) is 11.1 Å². The van der Waals surface area contributed by atoms with Gasteiger partial charge in [0.2, 0.25) is 0 Å². The molecule has 0 aliphatic heterocycles. The average Bonchev–Trinajstić information content (AvgIpc) is 3.78. The van der Waals surface area contributed by atoms with E-state index in [0.717, 1.165) is 33.6 Å². The van der Waals surface area contributed by atoms with E-state index in [9.17, 15) is 0 Å². The van der Waals surface area contributed by atoms with E-state index in [4.69, 9.17) is 4.42 Å². The summed E-state index contributed by atoms with van der Waals surface area (Å²) in [6.45, 7) is 0. The fourth-order valence-corrected chi connectivity index (χ4v) is 10.1. The summed E-state index contributed by atoms with van der Waals surface area (Å²) in [4.78, 5) is 2.42. The maximum atomic E-state index is 6.55. The zero-order valence-electron chi connectivity index (χ0n) is 31.1. The van der Waals surface area contributed by atoms with Crippen molar-refractivity contribution in [2.45, 2.75) is 5.41 Å². The lowest BCUT2D eigenvalue weighted by Crippen LogP contribution is -2.29. The molecule has 2 aliphatic carbocycles. The van der Waals surface area contributed by atoms with E-state index in [1.54, 1.807) is 0 Å². The summed E-state index contributed by atoms with van der Waals surface area (Å²) in [6, 6.07) is 77.6. The van der Waals surface area contributed by atoms with Gasteiger partial charge in [-0.2, -0.15) is 0 Å². The summed E-state index contributed by atoms with van der Waals surface area (Å²) in [5.41, 5.74) is 19.5. The van der Waals surface area contributed by atoms with Crippen molar-refractivity contribution in [3.05, 3.63) is 235 Å². The number of para-hydroxylation sites is 3. The van der Waals surface area contributed by atoms with E-state index in [0.29, 0.717) is 0 Å². The van der Waals surface area contributed by atoms with Crippen molar-refractivity contribution < 1.29 is 4.42 Å². The predicted molar refractivity (Wildman–Crippen MR) is 236 cm³/mol. The lowest BCUT2D eigenvalue weighted by molar-refractivity contribution is 0.668. The molecule has 0 radical (unpaired) electrons. The third-order valence-electron chi connectivity index (χ3n) is 12.3. The van der Waals surface area contributed by atoms with Gasteiger partial charge in [-0.1, -0.05) is 170 Å². The number of hydrogen-bond acceptors (Lipinski definition) is 2. The van der Waals surface area contributed by atoms with Gasteiger partial charge < -0.3 is 9.32 Å². The largest absolute Gasteiger partial charge is 0.456 e. The summed E-state index contributed by atoms with van der Waals surface area (Å²) in [6.07, 6.45) is 0. The Bertz CT molecular complexity index is 3190. The molecule has 1 heterocycles. The first kappa shape index (κ1) is 31.9. The molecule has 0 saturated carbocycles. The molecule has 0 saturated heterocycles. The number of fused-ring (bicyclic) bond motifs is 16. The van der Waals surface area contributed by atoms with Crippen LogP contribution in [0, 0.1) is 0 Å². The predicted octanol–water partition coefficient (Wildman–Crippen LogP) is 14.7. The van der Waals surface area contributed by atoms with E-state index >= 15 is 0 Å². The molecular weight excluding hydrogens is 691 g/mol. The SMILES string of the molecule is c1ccc(-c2ccccc2N(c2ccccc2)c2ccc3c(c2)-c2ccccc2-c2ccccc2C32c3ccccc3-c3c2ccc2oc4ccccc4c32)cc1. The molecule has 1 aromatic heterocycles. The standard InChI is InChI=1S/C55H35NO/c1-3-17-36(18-4-1)39-21-11-15-29-50(39)56(37-19-5-2-6-20-37)38-31-32-48-45(35-38)41-23-8-7-22-40(41)42-24-9-13-27-46(42)55(48)47-28-14-10-25-43(47)53-49(55)33-34-52-54(53)44-26-12-16-30-51(44)57-52/h1-35H. The summed E-state index contributed by atoms with van der Waals surface area (Å²) >= 11 is 0. The molecule has 1 atom stereocenters. The lowest BCUT2D eigenvalue weighted by Gasteiger charge is -2.36. The monoisotopic (exact) mass is 725 g/mol. The van der Waals surface area contributed by atoms with Crippen molar-refractivity contribution in [2.24, 2.45) is 0 Å². The molecule has 0 bridgehead atoms. The van der Waals surface area contributed by atoms with Crippen molar-refractivity contribution in [3.8, 4) is 44.5 Å². The van der Waals surface area contributed by atoms with Crippen LogP contribution in [0.4, 0.5) is 17.1 Å². The highest BCUT2D eigenvalue weighted by molar-refractivity contribution is 6.16. The Kier molecular flexibility index (Phi) is 6.88. The van der Waals surface area contributed by atoms with Crippen LogP contribution in [0.25, 0.3) is 66.4 Å². The van der Waals surface area contributed by atoms with Crippen LogP contribution < -0.4 is 4.90 Å². The lowest BCUT2D eigenvalue weighted by atomic mass is 9.66. The topological polar surface area (TPSA) is 16.4 Å². The van der Waals surface area contributed by atoms with Gasteiger partial charge in [-0.25, -0.2) is 0 Å². The van der Waals surface area contributed by atoms with Gasteiger partial charge in [-0.15, -0.1) is 0 Å². The normalized spacial score (nSPS) is 14.7. The molecule has 0 amide bonds. The molecule has 266 valence electrons. The minimum Gasteiger partial charge on any atom is -0.456 e. The van der Waals surface area contributed by atoms with E-state index in [1.807, 2.05) is 0 Å². The van der Waals surface area contributed by atoms with Gasteiger partial charge in [0.25, 0.3) is 0 Å². The second-order valence-electron chi connectivity index (χ2n) is 15.1. The first-order valence-corrected chi connectivity index (χ1v) is 19.7. The van der Waals surface area contributed by atoms with Gasteiger partial charge in [-0.3, -0.25) is 0 Å². The number of benzene rings is 9. The molecule has 9 aromatic carbocycles. The highest BCUT2D eigenvalue weighted by atomic mass is 16.3. The van der Waals surface area contributed by atoms with Crippen LogP contribution in [0.5, 0.6) is 0 Å². The Labute approximate surface area is 331 Å². The van der Waals surface area contributed by atoms with Crippen LogP contribution in [0.15, 0.2) is 217 Å². The molecule has 2 heteroatoms. The minimum atomic E-state index is -0.610. The van der Waals surface area contributed by atoms with Crippen molar-refractivity contribution in [2.75, 3.05) is 4.90 Å². The maximum absolute atomic E-state index is 6.55. The van der Waals surface area contributed by atoms with Crippen molar-refractivity contribution >= 4 is 39.0 Å². The fourth-order valence-electron chi connectivity index (χ4n) is 10.1. The third-order valence-corrected chi connectivity index (χ3v) is 12.3. The Hall–Kier alpha value is -7.42. The van der Waals surface area contributed by atoms with Crippen LogP contribution in [-0.2, 0) is 5.41 Å². The van der Waals surface area contributed by atoms with Crippen molar-refractivity contribution in [1.82, 2.24) is 0 Å². The number of rotatable bonds is 4. The van der Waals surface area contributed by atoms with Gasteiger partial charge in [0.15, 0.2) is 0 Å². The molecule has 2 aliphatic rings. The Morgan fingerprint density at radius 1 is 0.351 bits per heavy atom. The first-order chi connectivity index (χ1) is 28.3. The Morgan fingerprint density at radius 3 is 1.70 bits per heavy atom. The molecular formula is C55H35NO. The van der Waals surface area contributed by atoms with E-state index in [-0.39, 0.29) is 0 Å². The number of nitrogens with zero attached hydrogens (tertiary/aromatic N) is 1. The number of furan rings is 1. The maximum Gasteiger partial charge on any atom is 0.136 e. The highest BCUT2D eigenvalue weighted by Crippen LogP contribution is 2.63. The molecule has 1 spiro atoms. The molecule has 0 N–H and O–H groups in total. The fraction of sp³-hybridized carbons (Fsp3) is 0.0182. The van der Waals surface area contributed by atoms with Crippen LogP contribution >= 0.6 is 0 Å². The Morgan fingerprint density at radius 2 is 0.912 bits per heavy atom. The summed E-state index contributed by atoms with van der Waals surface area (Å²) in [5.74, 6) is 0. The van der Waals surface area contributed by atoms with Crippen molar-refractivity contribution in [3.63, 3.8) is 0 Å². The van der Waals surface area contributed by atoms with E-state index in [2.05, 4.69) is 217 Å². The van der Waals surface area contributed by atoms with Crippen LogP contribution in [-0.4, -0.2) is 0 Å². The van der Waals surface area contributed by atoms with Crippen LogP contribution in [0.3, 0.4) is 0 Å². The van der Waals surface area contributed by atoms with Gasteiger partial charge in [0.1, 0.15) is 11.2 Å². The Balaban J connectivity index is 1.21. The second-order valence-corrected chi connectivity index (χ2v) is 15.1. The quantitative estimate of drug-likeness (QED) is 0.180. The van der Waals surface area contributed by atoms with Gasteiger partial charge in [0, 0.05) is 27.7 Å². The van der Waals surface area contributed by atoms with Crippen LogP contribution in [0.2, 0.25) is 0 Å². The molecule has 12 rings (SSSR count). The zero-order chi connectivity index (χ0) is 37.5. The number of anilines is 3. The van der Waals surface area contributed by atoms with E-state index in [1.165, 1.54) is 72.1 Å². The molecule has 10 aromatic rings. The summed E-state index contributed by atoms with van der Waals surface area (Å²) in [5, 5.41) is 2.32. The second kappa shape index (κ2) is 12.3. The number of hydrogen-bond donors (Lipinski definition) is 0. The van der Waals surface area contributed by atoms with E-state index < -0.39 is 5.41 Å². The summed E-state index contributed by atoms with van der Waals surface area (Å²) < 4.78 is 6.55. The van der Waals surface area contributed by atoms with Gasteiger partial charge in [-0.05, 0) is 104 Å². The molecule has 57 heavy (non-hydrogen) atoms. The van der Waals surface area contributed by atoms with Crippen LogP contribution in [0.1, 0.15) is 22.3 Å². The minimum absolute atomic E-state index is 0.610. The average molecular weight is 726 g/mol. The molecule has 0 fully saturated rings. The summed E-state index contributed by atoms with van der Waals surface area (Å²) in [7, 11) is 0. The highest BCUT2D eigenvalue weighted by Gasteiger charge is 2.50.